The average Bonchev–Trinajstić information content (AvgIpc) is 2.85. The highest BCUT2D eigenvalue weighted by molar-refractivity contribution is 7.91. The van der Waals surface area contributed by atoms with Gasteiger partial charge in [0.25, 0.3) is 0 Å². The Hall–Kier alpha value is -0.690. The van der Waals surface area contributed by atoms with Crippen LogP contribution in [0.5, 0.6) is 0 Å². The Labute approximate surface area is 99.2 Å². The molecule has 6 heteroatoms. The van der Waals surface area contributed by atoms with Crippen molar-refractivity contribution in [1.29, 1.82) is 0 Å². The third-order valence-corrected chi connectivity index (χ3v) is 5.55. The average molecular weight is 258 g/mol. The van der Waals surface area contributed by atoms with Crippen LogP contribution in [0.15, 0.2) is 28.5 Å². The van der Waals surface area contributed by atoms with E-state index >= 15 is 0 Å². The van der Waals surface area contributed by atoms with E-state index in [1.807, 2.05) is 12.2 Å². The second kappa shape index (κ2) is 4.67. The van der Waals surface area contributed by atoms with Crippen LogP contribution >= 0.6 is 11.3 Å². The second-order valence-corrected chi connectivity index (χ2v) is 6.80. The maximum absolute atomic E-state index is 11.9. The lowest BCUT2D eigenvalue weighted by atomic mass is 10.3. The number of sulfonamides is 1. The standard InChI is InChI=1S/C10H14N2O2S2/c11-7-9-5-6-10(15-9)16(13,14)12-8-3-1-2-4-8/h1-2,5-6,8,12H,3-4,7,11H2. The van der Waals surface area contributed by atoms with E-state index in [-0.39, 0.29) is 6.04 Å². The molecule has 1 aromatic heterocycles. The van der Waals surface area contributed by atoms with Gasteiger partial charge in [-0.1, -0.05) is 12.2 Å². The molecule has 2 rings (SSSR count). The van der Waals surface area contributed by atoms with Crippen LogP contribution in [-0.2, 0) is 16.6 Å². The number of nitrogens with one attached hydrogen (secondary N) is 1. The van der Waals surface area contributed by atoms with E-state index in [0.717, 1.165) is 17.7 Å². The Balaban J connectivity index is 2.11. The van der Waals surface area contributed by atoms with Crippen molar-refractivity contribution in [2.75, 3.05) is 0 Å². The lowest BCUT2D eigenvalue weighted by Crippen LogP contribution is -2.32. The number of nitrogens with two attached hydrogens (primary N) is 1. The maximum Gasteiger partial charge on any atom is 0.250 e. The molecule has 0 atom stereocenters. The van der Waals surface area contributed by atoms with Gasteiger partial charge in [-0.3, -0.25) is 0 Å². The Morgan fingerprint density at radius 2 is 2.06 bits per heavy atom. The Morgan fingerprint density at radius 3 is 2.62 bits per heavy atom. The molecule has 0 radical (unpaired) electrons. The van der Waals surface area contributed by atoms with Gasteiger partial charge in [-0.15, -0.1) is 11.3 Å². The van der Waals surface area contributed by atoms with E-state index in [1.165, 1.54) is 11.3 Å². The molecule has 0 unspecified atom stereocenters. The summed E-state index contributed by atoms with van der Waals surface area (Å²) in [6.45, 7) is 0.380. The zero-order chi connectivity index (χ0) is 11.6. The van der Waals surface area contributed by atoms with Gasteiger partial charge in [0.15, 0.2) is 0 Å². The fourth-order valence-electron chi connectivity index (χ4n) is 1.60. The normalized spacial score (nSPS) is 17.1. The van der Waals surface area contributed by atoms with Gasteiger partial charge < -0.3 is 5.73 Å². The molecule has 0 bridgehead atoms. The number of rotatable bonds is 4. The molecule has 1 aliphatic rings. The molecular formula is C10H14N2O2S2. The molecule has 0 spiro atoms. The summed E-state index contributed by atoms with van der Waals surface area (Å²) in [5, 5.41) is 0. The van der Waals surface area contributed by atoms with Gasteiger partial charge in [-0.2, -0.15) is 0 Å². The SMILES string of the molecule is NCc1ccc(S(=O)(=O)NC2CC=CC2)s1. The van der Waals surface area contributed by atoms with Crippen LogP contribution in [-0.4, -0.2) is 14.5 Å². The highest BCUT2D eigenvalue weighted by Gasteiger charge is 2.21. The first-order chi connectivity index (χ1) is 7.62. The summed E-state index contributed by atoms with van der Waals surface area (Å²) in [5.41, 5.74) is 5.46. The van der Waals surface area contributed by atoms with Gasteiger partial charge in [0, 0.05) is 17.5 Å². The first-order valence-corrected chi connectivity index (χ1v) is 7.38. The zero-order valence-corrected chi connectivity index (χ0v) is 10.4. The van der Waals surface area contributed by atoms with Gasteiger partial charge in [0.05, 0.1) is 0 Å². The van der Waals surface area contributed by atoms with E-state index in [1.54, 1.807) is 12.1 Å². The number of hydrogen-bond donors (Lipinski definition) is 2. The van der Waals surface area contributed by atoms with Crippen molar-refractivity contribution in [3.8, 4) is 0 Å². The molecule has 3 N–H and O–H groups in total. The van der Waals surface area contributed by atoms with Gasteiger partial charge in [0.1, 0.15) is 4.21 Å². The van der Waals surface area contributed by atoms with E-state index < -0.39 is 10.0 Å². The first kappa shape index (κ1) is 11.8. The molecule has 1 heterocycles. The largest absolute Gasteiger partial charge is 0.326 e. The van der Waals surface area contributed by atoms with Crippen molar-refractivity contribution in [1.82, 2.24) is 4.72 Å². The zero-order valence-electron chi connectivity index (χ0n) is 8.72. The molecule has 1 aromatic rings. The van der Waals surface area contributed by atoms with E-state index in [9.17, 15) is 8.42 Å². The van der Waals surface area contributed by atoms with Crippen molar-refractivity contribution in [3.05, 3.63) is 29.2 Å². The van der Waals surface area contributed by atoms with Gasteiger partial charge in [-0.25, -0.2) is 13.1 Å². The smallest absolute Gasteiger partial charge is 0.250 e. The summed E-state index contributed by atoms with van der Waals surface area (Å²) >= 11 is 1.23. The molecule has 0 amide bonds. The molecular weight excluding hydrogens is 244 g/mol. The summed E-state index contributed by atoms with van der Waals surface area (Å²) in [5.74, 6) is 0. The molecule has 1 aliphatic carbocycles. The molecule has 0 aliphatic heterocycles. The summed E-state index contributed by atoms with van der Waals surface area (Å²) in [6, 6.07) is 3.37. The van der Waals surface area contributed by atoms with Gasteiger partial charge >= 0.3 is 0 Å². The van der Waals surface area contributed by atoms with Crippen LogP contribution in [0.25, 0.3) is 0 Å². The van der Waals surface area contributed by atoms with Crippen molar-refractivity contribution < 1.29 is 8.42 Å². The lowest BCUT2D eigenvalue weighted by molar-refractivity contribution is 0.559. The Kier molecular flexibility index (Phi) is 3.44. The number of thiophene rings is 1. The molecule has 0 saturated carbocycles. The molecule has 0 saturated heterocycles. The van der Waals surface area contributed by atoms with Crippen LogP contribution in [0.2, 0.25) is 0 Å². The van der Waals surface area contributed by atoms with Crippen molar-refractivity contribution in [2.45, 2.75) is 29.6 Å². The molecule has 16 heavy (non-hydrogen) atoms. The highest BCUT2D eigenvalue weighted by Crippen LogP contribution is 2.22. The van der Waals surface area contributed by atoms with Crippen LogP contribution in [0, 0.1) is 0 Å². The third kappa shape index (κ3) is 2.52. The maximum atomic E-state index is 11.9. The fourth-order valence-corrected chi connectivity index (χ4v) is 4.12. The van der Waals surface area contributed by atoms with Gasteiger partial charge in [0.2, 0.25) is 10.0 Å². The minimum absolute atomic E-state index is 0.00780. The summed E-state index contributed by atoms with van der Waals surface area (Å²) in [4.78, 5) is 0.880. The second-order valence-electron chi connectivity index (χ2n) is 3.69. The molecule has 4 nitrogen and oxygen atoms in total. The van der Waals surface area contributed by atoms with Crippen molar-refractivity contribution in [3.63, 3.8) is 0 Å². The van der Waals surface area contributed by atoms with Crippen molar-refractivity contribution >= 4 is 21.4 Å². The van der Waals surface area contributed by atoms with Crippen LogP contribution in [0.1, 0.15) is 17.7 Å². The monoisotopic (exact) mass is 258 g/mol. The lowest BCUT2D eigenvalue weighted by Gasteiger charge is -2.10. The number of hydrogen-bond acceptors (Lipinski definition) is 4. The Bertz CT molecular complexity index is 483. The molecule has 88 valence electrons. The summed E-state index contributed by atoms with van der Waals surface area (Å²) in [6.07, 6.45) is 5.53. The quantitative estimate of drug-likeness (QED) is 0.797. The minimum Gasteiger partial charge on any atom is -0.326 e. The van der Waals surface area contributed by atoms with E-state index in [0.29, 0.717) is 10.8 Å². The summed E-state index contributed by atoms with van der Waals surface area (Å²) in [7, 11) is -3.36. The topological polar surface area (TPSA) is 72.2 Å². The summed E-state index contributed by atoms with van der Waals surface area (Å²) < 4.78 is 26.9. The van der Waals surface area contributed by atoms with E-state index in [2.05, 4.69) is 4.72 Å². The predicted octanol–water partition coefficient (Wildman–Crippen LogP) is 1.20. The van der Waals surface area contributed by atoms with Crippen LogP contribution in [0.4, 0.5) is 0 Å². The first-order valence-electron chi connectivity index (χ1n) is 5.08. The molecule has 0 aromatic carbocycles. The predicted molar refractivity (Wildman–Crippen MR) is 64.7 cm³/mol. The highest BCUT2D eigenvalue weighted by atomic mass is 32.2. The third-order valence-electron chi connectivity index (χ3n) is 2.43. The minimum atomic E-state index is -3.36. The van der Waals surface area contributed by atoms with E-state index in [4.69, 9.17) is 5.73 Å². The van der Waals surface area contributed by atoms with Crippen LogP contribution < -0.4 is 10.5 Å². The van der Waals surface area contributed by atoms with Crippen LogP contribution in [0.3, 0.4) is 0 Å². The molecule has 0 fully saturated rings. The Morgan fingerprint density at radius 1 is 1.38 bits per heavy atom. The fraction of sp³-hybridized carbons (Fsp3) is 0.400. The van der Waals surface area contributed by atoms with Gasteiger partial charge in [-0.05, 0) is 25.0 Å². The van der Waals surface area contributed by atoms with Crippen molar-refractivity contribution in [2.24, 2.45) is 5.73 Å².